The van der Waals surface area contributed by atoms with E-state index >= 15 is 0 Å². The fourth-order valence-corrected chi connectivity index (χ4v) is 4.41. The topological polar surface area (TPSA) is 52.6 Å². The van der Waals surface area contributed by atoms with Gasteiger partial charge >= 0.3 is 0 Å². The van der Waals surface area contributed by atoms with Gasteiger partial charge in [0, 0.05) is 23.0 Å². The maximum atomic E-state index is 5.73. The third-order valence-corrected chi connectivity index (χ3v) is 6.14. The van der Waals surface area contributed by atoms with E-state index in [-0.39, 0.29) is 6.04 Å². The SMILES string of the molecule is COc1cc(CNC(C)c2sc(-c3ccccc3)nc2C)cc2c1OCCO2. The summed E-state index contributed by atoms with van der Waals surface area (Å²) in [5, 5.41) is 4.66. The zero-order chi connectivity index (χ0) is 19.5. The summed E-state index contributed by atoms with van der Waals surface area (Å²) in [6, 6.07) is 14.5. The van der Waals surface area contributed by atoms with Gasteiger partial charge in [0.1, 0.15) is 18.2 Å². The first-order chi connectivity index (χ1) is 13.7. The predicted molar refractivity (Wildman–Crippen MR) is 112 cm³/mol. The van der Waals surface area contributed by atoms with Gasteiger partial charge in [-0.2, -0.15) is 0 Å². The second-order valence-electron chi connectivity index (χ2n) is 6.76. The van der Waals surface area contributed by atoms with E-state index in [4.69, 9.17) is 19.2 Å². The highest BCUT2D eigenvalue weighted by Crippen LogP contribution is 2.40. The third-order valence-electron chi connectivity index (χ3n) is 4.75. The average Bonchev–Trinajstić information content (AvgIpc) is 3.13. The molecule has 5 nitrogen and oxygen atoms in total. The third kappa shape index (κ3) is 3.84. The van der Waals surface area contributed by atoms with Crippen LogP contribution in [0.25, 0.3) is 10.6 Å². The Hall–Kier alpha value is -2.57. The van der Waals surface area contributed by atoms with Crippen LogP contribution in [-0.2, 0) is 6.54 Å². The Morgan fingerprint density at radius 2 is 1.96 bits per heavy atom. The molecule has 1 N–H and O–H groups in total. The van der Waals surface area contributed by atoms with Crippen molar-refractivity contribution in [3.05, 3.63) is 58.6 Å². The normalized spacial score (nSPS) is 14.0. The first kappa shape index (κ1) is 18.8. The number of aromatic nitrogens is 1. The second kappa shape index (κ2) is 8.20. The average molecular weight is 397 g/mol. The molecule has 0 spiro atoms. The Morgan fingerprint density at radius 1 is 1.18 bits per heavy atom. The van der Waals surface area contributed by atoms with E-state index in [0.29, 0.717) is 31.3 Å². The fourth-order valence-electron chi connectivity index (χ4n) is 3.31. The minimum Gasteiger partial charge on any atom is -0.493 e. The van der Waals surface area contributed by atoms with Gasteiger partial charge in [-0.3, -0.25) is 0 Å². The minimum atomic E-state index is 0.189. The van der Waals surface area contributed by atoms with Gasteiger partial charge in [-0.15, -0.1) is 11.3 Å². The van der Waals surface area contributed by atoms with E-state index in [0.717, 1.165) is 27.6 Å². The first-order valence-electron chi connectivity index (χ1n) is 9.38. The quantitative estimate of drug-likeness (QED) is 0.652. The van der Waals surface area contributed by atoms with E-state index < -0.39 is 0 Å². The molecule has 1 aliphatic heterocycles. The maximum Gasteiger partial charge on any atom is 0.203 e. The number of nitrogens with zero attached hydrogens (tertiary/aromatic N) is 1. The number of methoxy groups -OCH3 is 1. The second-order valence-corrected chi connectivity index (χ2v) is 7.79. The molecule has 0 aliphatic carbocycles. The summed E-state index contributed by atoms with van der Waals surface area (Å²) >= 11 is 1.74. The van der Waals surface area contributed by atoms with Gasteiger partial charge in [-0.1, -0.05) is 30.3 Å². The van der Waals surface area contributed by atoms with Crippen molar-refractivity contribution in [2.75, 3.05) is 20.3 Å². The van der Waals surface area contributed by atoms with E-state index in [1.807, 2.05) is 30.3 Å². The van der Waals surface area contributed by atoms with Crippen LogP contribution in [-0.4, -0.2) is 25.3 Å². The molecule has 1 unspecified atom stereocenters. The number of ether oxygens (including phenoxy) is 3. The number of nitrogens with one attached hydrogen (secondary N) is 1. The molecule has 1 atom stereocenters. The molecule has 0 fully saturated rings. The molecule has 1 aromatic heterocycles. The van der Waals surface area contributed by atoms with Crippen LogP contribution in [0, 0.1) is 6.92 Å². The van der Waals surface area contributed by atoms with Gasteiger partial charge in [-0.25, -0.2) is 4.98 Å². The number of hydrogen-bond acceptors (Lipinski definition) is 6. The van der Waals surface area contributed by atoms with Crippen molar-refractivity contribution in [3.63, 3.8) is 0 Å². The van der Waals surface area contributed by atoms with Gasteiger partial charge < -0.3 is 19.5 Å². The Balaban J connectivity index is 1.49. The van der Waals surface area contributed by atoms with E-state index in [2.05, 4.69) is 31.3 Å². The van der Waals surface area contributed by atoms with Crippen molar-refractivity contribution in [1.82, 2.24) is 10.3 Å². The highest BCUT2D eigenvalue weighted by Gasteiger charge is 2.19. The lowest BCUT2D eigenvalue weighted by atomic mass is 10.1. The number of fused-ring (bicyclic) bond motifs is 1. The van der Waals surface area contributed by atoms with Crippen molar-refractivity contribution < 1.29 is 14.2 Å². The zero-order valence-electron chi connectivity index (χ0n) is 16.3. The maximum absolute atomic E-state index is 5.73. The lowest BCUT2D eigenvalue weighted by Crippen LogP contribution is -2.19. The molecule has 28 heavy (non-hydrogen) atoms. The summed E-state index contributed by atoms with van der Waals surface area (Å²) in [5.74, 6) is 2.15. The fraction of sp³-hybridized carbons (Fsp3) is 0.318. The first-order valence-corrected chi connectivity index (χ1v) is 10.2. The Kier molecular flexibility index (Phi) is 5.50. The van der Waals surface area contributed by atoms with Gasteiger partial charge in [0.25, 0.3) is 0 Å². The van der Waals surface area contributed by atoms with E-state index in [1.54, 1.807) is 18.4 Å². The number of benzene rings is 2. The Bertz CT molecular complexity index is 939. The molecule has 3 aromatic rings. The van der Waals surface area contributed by atoms with Crippen molar-refractivity contribution in [2.24, 2.45) is 0 Å². The van der Waals surface area contributed by atoms with E-state index in [1.165, 1.54) is 4.88 Å². The smallest absolute Gasteiger partial charge is 0.203 e. The highest BCUT2D eigenvalue weighted by molar-refractivity contribution is 7.15. The van der Waals surface area contributed by atoms with Gasteiger partial charge in [-0.05, 0) is 31.5 Å². The molecule has 2 aromatic carbocycles. The Morgan fingerprint density at radius 3 is 2.75 bits per heavy atom. The van der Waals surface area contributed by atoms with Crippen molar-refractivity contribution in [2.45, 2.75) is 26.4 Å². The summed E-state index contributed by atoms with van der Waals surface area (Å²) in [6.45, 7) is 6.05. The highest BCUT2D eigenvalue weighted by atomic mass is 32.1. The van der Waals surface area contributed by atoms with Gasteiger partial charge in [0.05, 0.1) is 12.8 Å². The molecular weight excluding hydrogens is 372 g/mol. The summed E-state index contributed by atoms with van der Waals surface area (Å²) in [4.78, 5) is 6.02. The van der Waals surface area contributed by atoms with Crippen LogP contribution in [0.3, 0.4) is 0 Å². The van der Waals surface area contributed by atoms with Crippen LogP contribution in [0.15, 0.2) is 42.5 Å². The molecule has 0 radical (unpaired) electrons. The lowest BCUT2D eigenvalue weighted by Gasteiger charge is -2.22. The number of rotatable bonds is 6. The van der Waals surface area contributed by atoms with Crippen molar-refractivity contribution in [1.29, 1.82) is 0 Å². The number of hydrogen-bond donors (Lipinski definition) is 1. The van der Waals surface area contributed by atoms with Crippen LogP contribution < -0.4 is 19.5 Å². The van der Waals surface area contributed by atoms with Crippen molar-refractivity contribution >= 4 is 11.3 Å². The molecule has 1 aliphatic rings. The van der Waals surface area contributed by atoms with Crippen molar-refractivity contribution in [3.8, 4) is 27.8 Å². The molecule has 146 valence electrons. The van der Waals surface area contributed by atoms with Crippen LogP contribution in [0.1, 0.15) is 29.1 Å². The number of aryl methyl sites for hydroxylation is 1. The standard InChI is InChI=1S/C22H24N2O3S/c1-14(21-15(2)24-22(28-21)17-7-5-4-6-8-17)23-13-16-11-18(25-3)20-19(12-16)26-9-10-27-20/h4-8,11-12,14,23H,9-10,13H2,1-3H3. The van der Waals surface area contributed by atoms with Gasteiger partial charge in [0.15, 0.2) is 11.5 Å². The van der Waals surface area contributed by atoms with Crippen LogP contribution in [0.4, 0.5) is 0 Å². The predicted octanol–water partition coefficient (Wildman–Crippen LogP) is 4.75. The largest absolute Gasteiger partial charge is 0.493 e. The molecule has 0 saturated carbocycles. The number of thiazole rings is 1. The minimum absolute atomic E-state index is 0.189. The summed E-state index contributed by atoms with van der Waals surface area (Å²) < 4.78 is 16.9. The summed E-state index contributed by atoms with van der Waals surface area (Å²) in [6.07, 6.45) is 0. The van der Waals surface area contributed by atoms with Gasteiger partial charge in [0.2, 0.25) is 5.75 Å². The molecule has 0 bridgehead atoms. The molecule has 4 rings (SSSR count). The molecule has 0 amide bonds. The van der Waals surface area contributed by atoms with Crippen LogP contribution >= 0.6 is 11.3 Å². The van der Waals surface area contributed by atoms with E-state index in [9.17, 15) is 0 Å². The Labute approximate surface area is 169 Å². The zero-order valence-corrected chi connectivity index (χ0v) is 17.1. The molecule has 0 saturated heterocycles. The molecule has 6 heteroatoms. The summed E-state index contributed by atoms with van der Waals surface area (Å²) in [5.41, 5.74) is 3.33. The molecular formula is C22H24N2O3S. The lowest BCUT2D eigenvalue weighted by molar-refractivity contribution is 0.165. The monoisotopic (exact) mass is 396 g/mol. The van der Waals surface area contributed by atoms with Crippen LogP contribution in [0.2, 0.25) is 0 Å². The summed E-state index contributed by atoms with van der Waals surface area (Å²) in [7, 11) is 1.65. The van der Waals surface area contributed by atoms with Crippen LogP contribution in [0.5, 0.6) is 17.2 Å². The molecule has 2 heterocycles.